The second-order valence-corrected chi connectivity index (χ2v) is 9.51. The monoisotopic (exact) mass is 581 g/mol. The number of hydrazone groups is 1. The van der Waals surface area contributed by atoms with Crippen LogP contribution in [0.15, 0.2) is 77.9 Å². The van der Waals surface area contributed by atoms with Crippen molar-refractivity contribution < 1.29 is 22.7 Å². The number of hydrogen-bond donors (Lipinski definition) is 3. The number of nitrogens with one attached hydrogen (secondary N) is 3. The summed E-state index contributed by atoms with van der Waals surface area (Å²) in [4.78, 5) is 16.9. The topological polar surface area (TPSA) is 105 Å². The van der Waals surface area contributed by atoms with Gasteiger partial charge in [0.25, 0.3) is 5.91 Å². The molecule has 1 heterocycles. The van der Waals surface area contributed by atoms with E-state index in [1.807, 2.05) is 36.4 Å². The fourth-order valence-corrected chi connectivity index (χ4v) is 3.91. The number of aromatic nitrogens is 3. The number of carbonyl (C=O) groups excluding carboxylic acids is 1. The number of para-hydroxylation sites is 1. The average Bonchev–Trinajstić information content (AvgIpc) is 3.28. The number of aryl methyl sites for hydroxylation is 1. The molecule has 3 aromatic carbocycles. The third kappa shape index (κ3) is 8.11. The van der Waals surface area contributed by atoms with E-state index in [9.17, 15) is 18.0 Å². The van der Waals surface area contributed by atoms with Gasteiger partial charge in [-0.15, -0.1) is 18.3 Å². The van der Waals surface area contributed by atoms with Crippen LogP contribution in [0.1, 0.15) is 41.3 Å². The summed E-state index contributed by atoms with van der Waals surface area (Å²) in [6, 6.07) is 19.7. The van der Waals surface area contributed by atoms with Gasteiger partial charge in [-0.2, -0.15) is 10.1 Å². The Bertz CT molecular complexity index is 1550. The Morgan fingerprint density at radius 1 is 1.02 bits per heavy atom. The predicted molar refractivity (Wildman–Crippen MR) is 155 cm³/mol. The Balaban J connectivity index is 1.34. The van der Waals surface area contributed by atoms with Gasteiger partial charge in [0.05, 0.1) is 6.21 Å². The predicted octanol–water partition coefficient (Wildman–Crippen LogP) is 6.08. The van der Waals surface area contributed by atoms with Gasteiger partial charge in [0.2, 0.25) is 5.95 Å². The zero-order valence-electron chi connectivity index (χ0n) is 22.2. The van der Waals surface area contributed by atoms with E-state index in [4.69, 9.17) is 12.2 Å². The highest BCUT2D eigenvalue weighted by atomic mass is 32.1. The number of amides is 1. The van der Waals surface area contributed by atoms with E-state index in [2.05, 4.69) is 49.8 Å². The van der Waals surface area contributed by atoms with Crippen molar-refractivity contribution in [2.75, 3.05) is 10.6 Å². The molecule has 0 aliphatic heterocycles. The van der Waals surface area contributed by atoms with Crippen molar-refractivity contribution in [3.05, 3.63) is 89.5 Å². The number of hydrogen-bond acceptors (Lipinski definition) is 6. The minimum atomic E-state index is -4.81. The van der Waals surface area contributed by atoms with Crippen molar-refractivity contribution in [2.45, 2.75) is 26.1 Å². The molecule has 0 spiro atoms. The Hall–Kier alpha value is -4.78. The smallest absolute Gasteiger partial charge is 0.406 e. The molecule has 1 aromatic heterocycles. The first-order valence-corrected chi connectivity index (χ1v) is 12.8. The second kappa shape index (κ2) is 12.6. The molecule has 3 N–H and O–H groups in total. The summed E-state index contributed by atoms with van der Waals surface area (Å²) in [5, 5.41) is 14.7. The Morgan fingerprint density at radius 3 is 2.37 bits per heavy atom. The molecule has 9 nitrogen and oxygen atoms in total. The van der Waals surface area contributed by atoms with Crippen LogP contribution in [0.5, 0.6) is 5.75 Å². The number of ether oxygens (including phenoxy) is 1. The Kier molecular flexibility index (Phi) is 8.97. The summed E-state index contributed by atoms with van der Waals surface area (Å²) < 4.78 is 42.2. The first-order valence-electron chi connectivity index (χ1n) is 12.4. The summed E-state index contributed by atoms with van der Waals surface area (Å²) >= 11 is 5.35. The van der Waals surface area contributed by atoms with Gasteiger partial charge in [0.1, 0.15) is 5.75 Å². The zero-order chi connectivity index (χ0) is 29.6. The summed E-state index contributed by atoms with van der Waals surface area (Å²) in [5.74, 6) is -0.120. The van der Waals surface area contributed by atoms with Crippen molar-refractivity contribution in [1.82, 2.24) is 20.2 Å². The number of carbonyl (C=O) groups is 1. The lowest BCUT2D eigenvalue weighted by molar-refractivity contribution is -0.274. The number of thiocarbonyl (C=S) groups is 1. The number of benzene rings is 3. The number of rotatable bonds is 8. The van der Waals surface area contributed by atoms with Gasteiger partial charge in [-0.05, 0) is 59.6 Å². The molecule has 0 saturated heterocycles. The molecule has 4 aromatic rings. The molecule has 0 unspecified atom stereocenters. The molecular weight excluding hydrogens is 555 g/mol. The highest BCUT2D eigenvalue weighted by Gasteiger charge is 2.31. The van der Waals surface area contributed by atoms with Gasteiger partial charge in [0, 0.05) is 23.9 Å². The maximum absolute atomic E-state index is 12.6. The van der Waals surface area contributed by atoms with E-state index in [-0.39, 0.29) is 11.5 Å². The van der Waals surface area contributed by atoms with Crippen molar-refractivity contribution in [1.29, 1.82) is 0 Å². The van der Waals surface area contributed by atoms with Crippen LogP contribution in [0.2, 0.25) is 0 Å². The molecule has 0 aliphatic rings. The van der Waals surface area contributed by atoms with E-state index in [1.165, 1.54) is 16.8 Å². The maximum Gasteiger partial charge on any atom is 0.573 e. The summed E-state index contributed by atoms with van der Waals surface area (Å²) in [6.07, 6.45) is -3.19. The van der Waals surface area contributed by atoms with Crippen molar-refractivity contribution in [3.63, 3.8) is 0 Å². The lowest BCUT2D eigenvalue weighted by Crippen LogP contribution is -2.24. The number of anilines is 2. The van der Waals surface area contributed by atoms with Gasteiger partial charge >= 0.3 is 6.36 Å². The van der Waals surface area contributed by atoms with E-state index in [1.54, 1.807) is 25.4 Å². The van der Waals surface area contributed by atoms with Crippen molar-refractivity contribution in [3.8, 4) is 17.1 Å². The van der Waals surface area contributed by atoms with Crippen LogP contribution in [-0.4, -0.2) is 38.4 Å². The SMILES string of the molecule is CC(C)c1ccccc1NC(=S)N/N=C/c1ccc(-c2nc(NC(=O)c3ccc(OC(F)(F)F)cc3)n(C)n2)cc1. The molecule has 0 fully saturated rings. The minimum Gasteiger partial charge on any atom is -0.406 e. The Labute approximate surface area is 239 Å². The molecule has 0 bridgehead atoms. The van der Waals surface area contributed by atoms with Gasteiger partial charge in [-0.1, -0.05) is 56.3 Å². The lowest BCUT2D eigenvalue weighted by Gasteiger charge is -2.14. The average molecular weight is 582 g/mol. The quantitative estimate of drug-likeness (QED) is 0.132. The van der Waals surface area contributed by atoms with Gasteiger partial charge in [0.15, 0.2) is 10.9 Å². The maximum atomic E-state index is 12.6. The fourth-order valence-electron chi connectivity index (χ4n) is 3.75. The van der Waals surface area contributed by atoms with Crippen LogP contribution in [0.4, 0.5) is 24.8 Å². The third-order valence-corrected chi connectivity index (χ3v) is 5.91. The summed E-state index contributed by atoms with van der Waals surface area (Å²) in [6.45, 7) is 4.22. The molecule has 212 valence electrons. The van der Waals surface area contributed by atoms with E-state index in [0.29, 0.717) is 22.4 Å². The third-order valence-electron chi connectivity index (χ3n) is 5.72. The molecule has 1 amide bonds. The van der Waals surface area contributed by atoms with Crippen LogP contribution in [0.3, 0.4) is 0 Å². The highest BCUT2D eigenvalue weighted by Crippen LogP contribution is 2.24. The molecule has 0 radical (unpaired) electrons. The zero-order valence-corrected chi connectivity index (χ0v) is 23.0. The number of halogens is 3. The highest BCUT2D eigenvalue weighted by molar-refractivity contribution is 7.80. The van der Waals surface area contributed by atoms with Crippen molar-refractivity contribution in [2.24, 2.45) is 12.1 Å². The number of nitrogens with zero attached hydrogens (tertiary/aromatic N) is 4. The van der Waals surface area contributed by atoms with E-state index in [0.717, 1.165) is 28.9 Å². The van der Waals surface area contributed by atoms with Crippen LogP contribution < -0.4 is 20.8 Å². The van der Waals surface area contributed by atoms with Gasteiger partial charge in [-0.25, -0.2) is 4.68 Å². The van der Waals surface area contributed by atoms with Crippen LogP contribution in [0.25, 0.3) is 11.4 Å². The lowest BCUT2D eigenvalue weighted by atomic mass is 10.0. The van der Waals surface area contributed by atoms with E-state index >= 15 is 0 Å². The van der Waals surface area contributed by atoms with Crippen molar-refractivity contribution >= 4 is 41.1 Å². The van der Waals surface area contributed by atoms with Crippen LogP contribution >= 0.6 is 12.2 Å². The Morgan fingerprint density at radius 2 is 1.71 bits per heavy atom. The van der Waals surface area contributed by atoms with E-state index < -0.39 is 18.0 Å². The van der Waals surface area contributed by atoms with Crippen LogP contribution in [0, 0.1) is 0 Å². The molecular formula is C28H26F3N7O2S. The molecule has 0 aliphatic carbocycles. The normalized spacial score (nSPS) is 11.5. The van der Waals surface area contributed by atoms with Crippen LogP contribution in [-0.2, 0) is 7.05 Å². The first kappa shape index (κ1) is 29.2. The fraction of sp³-hybridized carbons (Fsp3) is 0.179. The summed E-state index contributed by atoms with van der Waals surface area (Å²) in [7, 11) is 1.61. The minimum absolute atomic E-state index is 0.125. The first-order chi connectivity index (χ1) is 19.5. The van der Waals surface area contributed by atoms with Gasteiger partial charge in [-0.3, -0.25) is 15.5 Å². The molecule has 0 atom stereocenters. The number of alkyl halides is 3. The molecule has 4 rings (SSSR count). The molecule has 0 saturated carbocycles. The summed E-state index contributed by atoms with van der Waals surface area (Å²) in [5.41, 5.74) is 6.51. The molecule has 13 heteroatoms. The largest absolute Gasteiger partial charge is 0.573 e. The standard InChI is InChI=1S/C28H26F3N7O2S/c1-17(2)22-6-4-5-7-23(22)33-27(41)36-32-16-18-8-10-19(11-9-18)24-34-26(38(3)37-24)35-25(39)20-12-14-21(15-13-20)40-28(29,30)31/h4-17H,1-3H3,(H2,33,36,41)(H,34,35,37,39)/b32-16+. The second-order valence-electron chi connectivity index (χ2n) is 9.10. The molecule has 41 heavy (non-hydrogen) atoms. The van der Waals surface area contributed by atoms with Gasteiger partial charge < -0.3 is 10.1 Å².